The van der Waals surface area contributed by atoms with E-state index < -0.39 is 0 Å². The molecule has 9 nitrogen and oxygen atoms in total. The van der Waals surface area contributed by atoms with E-state index in [4.69, 9.17) is 5.11 Å². The second-order valence-electron chi connectivity index (χ2n) is 7.27. The molecule has 0 radical (unpaired) electrons. The number of carbonyl (C=O) groups is 1. The molecule has 1 aliphatic carbocycles. The minimum absolute atomic E-state index is 0.0243. The van der Waals surface area contributed by atoms with Crippen LogP contribution >= 0.6 is 0 Å². The summed E-state index contributed by atoms with van der Waals surface area (Å²) in [7, 11) is 0. The van der Waals surface area contributed by atoms with E-state index in [0.717, 1.165) is 51.6 Å². The van der Waals surface area contributed by atoms with Crippen molar-refractivity contribution in [2.75, 3.05) is 36.9 Å². The molecule has 1 saturated heterocycles. The number of aliphatic hydroxyl groups excluding tert-OH is 2. The third-order valence-electron chi connectivity index (χ3n) is 5.10. The van der Waals surface area contributed by atoms with E-state index in [0.29, 0.717) is 23.9 Å². The van der Waals surface area contributed by atoms with Gasteiger partial charge >= 0.3 is 0 Å². The molecule has 2 fully saturated rings. The molecule has 0 aromatic carbocycles. The summed E-state index contributed by atoms with van der Waals surface area (Å²) in [5.74, 6) is 0.683. The Balaban J connectivity index is 1.72. The van der Waals surface area contributed by atoms with E-state index in [9.17, 15) is 9.90 Å². The molecule has 2 heterocycles. The molecule has 1 saturated carbocycles. The molecule has 3 rings (SSSR count). The number of aliphatic hydroxyl groups is 2. The number of anilines is 2. The maximum Gasteiger partial charge on any atom is 0.256 e. The standard InChI is InChI=1S/C18H30N6O3/c25-9-8-20-18-21-11-15(17(27)23-13-2-1-7-19-10-13)16(24-18)22-12-3-5-14(26)6-4-12/h11-14,19,25-26H,1-10H2,(H,23,27)(H2,20,21,22,24)/t12?,13-,14?/m1/s1. The Morgan fingerprint density at radius 1 is 1.22 bits per heavy atom. The van der Waals surface area contributed by atoms with Crippen molar-refractivity contribution in [2.24, 2.45) is 0 Å². The van der Waals surface area contributed by atoms with Crippen LogP contribution in [0.15, 0.2) is 6.20 Å². The molecule has 1 amide bonds. The smallest absolute Gasteiger partial charge is 0.256 e. The highest BCUT2D eigenvalue weighted by Gasteiger charge is 2.24. The lowest BCUT2D eigenvalue weighted by Gasteiger charge is -2.28. The van der Waals surface area contributed by atoms with Gasteiger partial charge in [0.2, 0.25) is 5.95 Å². The number of carbonyl (C=O) groups excluding carboxylic acids is 1. The quantitative estimate of drug-likeness (QED) is 0.393. The van der Waals surface area contributed by atoms with Crippen LogP contribution in [0.1, 0.15) is 48.9 Å². The Hall–Kier alpha value is -1.97. The van der Waals surface area contributed by atoms with Crippen molar-refractivity contribution in [2.45, 2.75) is 56.7 Å². The SMILES string of the molecule is O=C(N[C@@H]1CCCNC1)c1cnc(NCCO)nc1NC1CCC(O)CC1. The van der Waals surface area contributed by atoms with Gasteiger partial charge in [0.15, 0.2) is 0 Å². The van der Waals surface area contributed by atoms with Crippen LogP contribution in [0.2, 0.25) is 0 Å². The van der Waals surface area contributed by atoms with Crippen LogP contribution in [0.3, 0.4) is 0 Å². The average molecular weight is 378 g/mol. The average Bonchev–Trinajstić information content (AvgIpc) is 2.69. The Labute approximate surface area is 159 Å². The van der Waals surface area contributed by atoms with E-state index in [2.05, 4.69) is 31.2 Å². The van der Waals surface area contributed by atoms with Crippen LogP contribution in [0.5, 0.6) is 0 Å². The first kappa shape index (κ1) is 19.8. The first-order chi connectivity index (χ1) is 13.2. The third kappa shape index (κ3) is 5.75. The zero-order chi connectivity index (χ0) is 19.1. The van der Waals surface area contributed by atoms with Crippen molar-refractivity contribution in [3.05, 3.63) is 11.8 Å². The molecule has 0 unspecified atom stereocenters. The highest BCUT2D eigenvalue weighted by molar-refractivity contribution is 5.98. The normalized spacial score (nSPS) is 25.6. The summed E-state index contributed by atoms with van der Waals surface area (Å²) in [6.07, 6.45) is 6.44. The fraction of sp³-hybridized carbons (Fsp3) is 0.722. The summed E-state index contributed by atoms with van der Waals surface area (Å²) < 4.78 is 0. The third-order valence-corrected chi connectivity index (χ3v) is 5.10. The van der Waals surface area contributed by atoms with Crippen molar-refractivity contribution in [3.8, 4) is 0 Å². The number of nitrogens with zero attached hydrogens (tertiary/aromatic N) is 2. The molecule has 27 heavy (non-hydrogen) atoms. The van der Waals surface area contributed by atoms with Gasteiger partial charge in [0, 0.05) is 31.4 Å². The van der Waals surface area contributed by atoms with Crippen LogP contribution < -0.4 is 21.3 Å². The van der Waals surface area contributed by atoms with Gasteiger partial charge in [-0.15, -0.1) is 0 Å². The lowest BCUT2D eigenvalue weighted by molar-refractivity contribution is 0.0930. The molecule has 150 valence electrons. The van der Waals surface area contributed by atoms with Crippen LogP contribution in [-0.2, 0) is 0 Å². The van der Waals surface area contributed by atoms with Crippen LogP contribution in [0.4, 0.5) is 11.8 Å². The number of aromatic nitrogens is 2. The monoisotopic (exact) mass is 378 g/mol. The maximum absolute atomic E-state index is 12.8. The van der Waals surface area contributed by atoms with Crippen molar-refractivity contribution in [1.82, 2.24) is 20.6 Å². The lowest BCUT2D eigenvalue weighted by atomic mass is 9.93. The van der Waals surface area contributed by atoms with Gasteiger partial charge in [-0.25, -0.2) is 4.98 Å². The molecule has 6 N–H and O–H groups in total. The number of hydrogen-bond acceptors (Lipinski definition) is 8. The van der Waals surface area contributed by atoms with Crippen LogP contribution in [0.25, 0.3) is 0 Å². The first-order valence-electron chi connectivity index (χ1n) is 9.83. The van der Waals surface area contributed by atoms with Crippen LogP contribution in [-0.4, -0.2) is 70.5 Å². The fourth-order valence-electron chi connectivity index (χ4n) is 3.56. The van der Waals surface area contributed by atoms with Gasteiger partial charge < -0.3 is 31.5 Å². The Bertz CT molecular complexity index is 615. The van der Waals surface area contributed by atoms with Gasteiger partial charge in [-0.05, 0) is 45.1 Å². The molecule has 1 aliphatic heterocycles. The summed E-state index contributed by atoms with van der Waals surface area (Å²) in [5, 5.41) is 31.3. The summed E-state index contributed by atoms with van der Waals surface area (Å²) in [4.78, 5) is 21.5. The molecule has 1 aromatic rings. The zero-order valence-electron chi connectivity index (χ0n) is 15.6. The summed E-state index contributed by atoms with van der Waals surface area (Å²) in [6.45, 7) is 2.07. The van der Waals surface area contributed by atoms with Gasteiger partial charge in [0.25, 0.3) is 5.91 Å². The highest BCUT2D eigenvalue weighted by atomic mass is 16.3. The molecule has 0 spiro atoms. The van der Waals surface area contributed by atoms with Gasteiger partial charge in [-0.3, -0.25) is 4.79 Å². The fourth-order valence-corrected chi connectivity index (χ4v) is 3.56. The Kier molecular flexibility index (Phi) is 7.19. The lowest BCUT2D eigenvalue weighted by Crippen LogP contribution is -2.45. The van der Waals surface area contributed by atoms with E-state index in [1.807, 2.05) is 0 Å². The van der Waals surface area contributed by atoms with Gasteiger partial charge in [-0.2, -0.15) is 4.98 Å². The molecule has 9 heteroatoms. The van der Waals surface area contributed by atoms with Crippen LogP contribution in [0, 0.1) is 0 Å². The summed E-state index contributed by atoms with van der Waals surface area (Å²) in [6, 6.07) is 0.271. The Morgan fingerprint density at radius 2 is 2.04 bits per heavy atom. The topological polar surface area (TPSA) is 131 Å². The minimum Gasteiger partial charge on any atom is -0.395 e. The second-order valence-corrected chi connectivity index (χ2v) is 7.27. The van der Waals surface area contributed by atoms with E-state index in [1.165, 1.54) is 6.20 Å². The number of nitrogens with one attached hydrogen (secondary N) is 4. The molecule has 1 aromatic heterocycles. The molecular formula is C18H30N6O3. The number of rotatable bonds is 7. The summed E-state index contributed by atoms with van der Waals surface area (Å²) >= 11 is 0. The first-order valence-corrected chi connectivity index (χ1v) is 9.83. The summed E-state index contributed by atoms with van der Waals surface area (Å²) in [5.41, 5.74) is 0.418. The largest absolute Gasteiger partial charge is 0.395 e. The van der Waals surface area contributed by atoms with E-state index in [1.54, 1.807) is 0 Å². The van der Waals surface area contributed by atoms with Crippen molar-refractivity contribution in [1.29, 1.82) is 0 Å². The molecule has 1 atom stereocenters. The van der Waals surface area contributed by atoms with Crippen molar-refractivity contribution < 1.29 is 15.0 Å². The Morgan fingerprint density at radius 3 is 2.74 bits per heavy atom. The second kappa shape index (κ2) is 9.82. The van der Waals surface area contributed by atoms with Gasteiger partial charge in [-0.1, -0.05) is 0 Å². The van der Waals surface area contributed by atoms with Gasteiger partial charge in [0.05, 0.1) is 12.7 Å². The molecule has 0 bridgehead atoms. The molecule has 2 aliphatic rings. The number of amides is 1. The minimum atomic E-state index is -0.239. The predicted octanol–water partition coefficient (Wildman–Crippen LogP) is 0.0780. The zero-order valence-corrected chi connectivity index (χ0v) is 15.6. The van der Waals surface area contributed by atoms with E-state index in [-0.39, 0.29) is 30.7 Å². The van der Waals surface area contributed by atoms with Crippen molar-refractivity contribution >= 4 is 17.7 Å². The number of piperidine rings is 1. The maximum atomic E-state index is 12.8. The molecular weight excluding hydrogens is 348 g/mol. The van der Waals surface area contributed by atoms with Gasteiger partial charge in [0.1, 0.15) is 11.4 Å². The number of hydrogen-bond donors (Lipinski definition) is 6. The van der Waals surface area contributed by atoms with E-state index >= 15 is 0 Å². The van der Waals surface area contributed by atoms with Crippen molar-refractivity contribution in [3.63, 3.8) is 0 Å². The predicted molar refractivity (Wildman–Crippen MR) is 103 cm³/mol. The highest BCUT2D eigenvalue weighted by Crippen LogP contribution is 2.24.